The smallest absolute Gasteiger partial charge is 0.243 e. The van der Waals surface area contributed by atoms with Gasteiger partial charge in [-0.25, -0.2) is 8.42 Å². The van der Waals surface area contributed by atoms with E-state index < -0.39 is 10.0 Å². The number of piperazine rings is 1. The van der Waals surface area contributed by atoms with Crippen molar-refractivity contribution >= 4 is 28.0 Å². The van der Waals surface area contributed by atoms with Crippen LogP contribution in [0.5, 0.6) is 0 Å². The summed E-state index contributed by atoms with van der Waals surface area (Å²) in [6, 6.07) is 13.7. The van der Waals surface area contributed by atoms with Crippen molar-refractivity contribution in [3.05, 3.63) is 59.2 Å². The molecule has 0 unspecified atom stereocenters. The Bertz CT molecular complexity index is 1140. The lowest BCUT2D eigenvalue weighted by molar-refractivity contribution is -0.130. The van der Waals surface area contributed by atoms with Crippen LogP contribution in [0.1, 0.15) is 49.8 Å². The summed E-state index contributed by atoms with van der Waals surface area (Å²) < 4.78 is 27.2. The highest BCUT2D eigenvalue weighted by atomic mass is 32.2. The van der Waals surface area contributed by atoms with Gasteiger partial charge in [-0.2, -0.15) is 4.31 Å². The fourth-order valence-corrected chi connectivity index (χ4v) is 5.91. The number of nitrogens with zero attached hydrogens (tertiary/aromatic N) is 3. The highest BCUT2D eigenvalue weighted by Gasteiger charge is 2.30. The maximum Gasteiger partial charge on any atom is 0.243 e. The molecule has 0 atom stereocenters. The molecule has 1 fully saturated rings. The zero-order valence-electron chi connectivity index (χ0n) is 21.7. The van der Waals surface area contributed by atoms with Crippen molar-refractivity contribution in [2.45, 2.75) is 51.0 Å². The van der Waals surface area contributed by atoms with Gasteiger partial charge in [0, 0.05) is 58.9 Å². The first-order chi connectivity index (χ1) is 17.1. The minimum atomic E-state index is -3.50. The molecule has 0 bridgehead atoms. The summed E-state index contributed by atoms with van der Waals surface area (Å²) in [5.74, 6) is 0.561. The first-order valence-corrected chi connectivity index (χ1v) is 13.9. The van der Waals surface area contributed by atoms with Gasteiger partial charge in [0.1, 0.15) is 0 Å². The number of carbonyl (C=O) groups is 2. The van der Waals surface area contributed by atoms with Gasteiger partial charge in [0.2, 0.25) is 22.3 Å². The van der Waals surface area contributed by atoms with Crippen molar-refractivity contribution in [1.82, 2.24) is 14.5 Å². The van der Waals surface area contributed by atoms with E-state index >= 15 is 0 Å². The van der Waals surface area contributed by atoms with Crippen molar-refractivity contribution in [3.8, 4) is 0 Å². The Balaban J connectivity index is 0.000000236. The van der Waals surface area contributed by atoms with Crippen LogP contribution in [-0.2, 0) is 32.6 Å². The molecule has 4 rings (SSSR count). The topological polar surface area (TPSA) is 90.0 Å². The molecule has 9 heteroatoms. The maximum atomic E-state index is 12.9. The third kappa shape index (κ3) is 6.85. The van der Waals surface area contributed by atoms with Gasteiger partial charge in [-0.05, 0) is 47.6 Å². The maximum absolute atomic E-state index is 12.9. The highest BCUT2D eigenvalue weighted by molar-refractivity contribution is 7.89. The zero-order chi connectivity index (χ0) is 26.3. The van der Waals surface area contributed by atoms with Crippen LogP contribution >= 0.6 is 0 Å². The standard InChI is InChI=1S/C16H23N3O3S.C11H15NO/c1-13(20)18-8-10-19(11-9-18)23(21,22)15-6-5-14-4-3-7-17(2)16(14)12-15;1-9(2)11-5-3-10(4-6-11)7-12-8-13/h5-6,12H,3-4,7-11H2,1-2H3;3-6,8-9H,7H2,1-2H3,(H,12,13). The van der Waals surface area contributed by atoms with Gasteiger partial charge in [-0.1, -0.05) is 44.2 Å². The SMILES string of the molecule is CC(=O)N1CCN(S(=O)(=O)c2ccc3c(c2)N(C)CCC3)CC1.CC(C)c1ccc(CNC=O)cc1. The highest BCUT2D eigenvalue weighted by Crippen LogP contribution is 2.30. The Morgan fingerprint density at radius 2 is 1.69 bits per heavy atom. The molecule has 2 aromatic rings. The molecule has 0 spiro atoms. The molecule has 1 N–H and O–H groups in total. The second-order valence-corrected chi connectivity index (χ2v) is 11.6. The molecule has 0 saturated carbocycles. The fourth-order valence-electron chi connectivity index (χ4n) is 4.47. The first-order valence-electron chi connectivity index (χ1n) is 12.5. The van der Waals surface area contributed by atoms with Gasteiger partial charge in [0.25, 0.3) is 0 Å². The van der Waals surface area contributed by atoms with Crippen LogP contribution in [0.25, 0.3) is 0 Å². The molecule has 36 heavy (non-hydrogen) atoms. The van der Waals surface area contributed by atoms with Crippen LogP contribution in [0.4, 0.5) is 5.69 Å². The third-order valence-corrected chi connectivity index (χ3v) is 8.66. The van der Waals surface area contributed by atoms with Crippen LogP contribution in [0.15, 0.2) is 47.4 Å². The van der Waals surface area contributed by atoms with Gasteiger partial charge in [-0.3, -0.25) is 9.59 Å². The first kappa shape index (κ1) is 27.7. The van der Waals surface area contributed by atoms with Gasteiger partial charge >= 0.3 is 0 Å². The van der Waals surface area contributed by atoms with E-state index in [2.05, 4.69) is 36.2 Å². The summed E-state index contributed by atoms with van der Waals surface area (Å²) in [7, 11) is -1.50. The van der Waals surface area contributed by atoms with E-state index in [1.165, 1.54) is 22.4 Å². The average molecular weight is 515 g/mol. The van der Waals surface area contributed by atoms with E-state index in [0.29, 0.717) is 43.5 Å². The van der Waals surface area contributed by atoms with Crippen molar-refractivity contribution in [3.63, 3.8) is 0 Å². The summed E-state index contributed by atoms with van der Waals surface area (Å²) in [6.07, 6.45) is 2.82. The quantitative estimate of drug-likeness (QED) is 0.599. The number of sulfonamides is 1. The molecule has 8 nitrogen and oxygen atoms in total. The van der Waals surface area contributed by atoms with E-state index in [9.17, 15) is 18.0 Å². The molecule has 2 aromatic carbocycles. The molecular weight excluding hydrogens is 476 g/mol. The van der Waals surface area contributed by atoms with E-state index in [0.717, 1.165) is 37.0 Å². The van der Waals surface area contributed by atoms with Crippen LogP contribution in [0, 0.1) is 0 Å². The van der Waals surface area contributed by atoms with Crippen LogP contribution in [0.2, 0.25) is 0 Å². The summed E-state index contributed by atoms with van der Waals surface area (Å²) >= 11 is 0. The van der Waals surface area contributed by atoms with Crippen LogP contribution in [-0.4, -0.2) is 69.7 Å². The number of nitrogens with one attached hydrogen (secondary N) is 1. The van der Waals surface area contributed by atoms with Crippen molar-refractivity contribution in [1.29, 1.82) is 0 Å². The van der Waals surface area contributed by atoms with Gasteiger partial charge < -0.3 is 15.1 Å². The van der Waals surface area contributed by atoms with Crippen LogP contribution < -0.4 is 10.2 Å². The van der Waals surface area contributed by atoms with Gasteiger partial charge in [0.15, 0.2) is 0 Å². The van der Waals surface area contributed by atoms with Gasteiger partial charge in [-0.15, -0.1) is 0 Å². The number of fused-ring (bicyclic) bond motifs is 1. The number of hydrogen-bond acceptors (Lipinski definition) is 5. The Kier molecular flexibility index (Phi) is 9.50. The molecule has 0 aliphatic carbocycles. The number of benzene rings is 2. The molecule has 2 heterocycles. The third-order valence-electron chi connectivity index (χ3n) is 6.77. The summed E-state index contributed by atoms with van der Waals surface area (Å²) in [6.45, 7) is 9.04. The minimum absolute atomic E-state index is 0.00236. The molecular formula is C27H38N4O4S. The van der Waals surface area contributed by atoms with E-state index in [1.54, 1.807) is 17.0 Å². The molecule has 196 valence electrons. The lowest BCUT2D eigenvalue weighted by Gasteiger charge is -2.34. The predicted molar refractivity (Wildman–Crippen MR) is 142 cm³/mol. The second kappa shape index (κ2) is 12.4. The minimum Gasteiger partial charge on any atom is -0.374 e. The normalized spacial score (nSPS) is 16.1. The fraction of sp³-hybridized carbons (Fsp3) is 0.481. The second-order valence-electron chi connectivity index (χ2n) is 9.62. The van der Waals surface area contributed by atoms with Crippen LogP contribution in [0.3, 0.4) is 0 Å². The predicted octanol–water partition coefficient (Wildman–Crippen LogP) is 2.98. The lowest BCUT2D eigenvalue weighted by Crippen LogP contribution is -2.49. The Hall–Kier alpha value is -2.91. The zero-order valence-corrected chi connectivity index (χ0v) is 22.6. The molecule has 0 radical (unpaired) electrons. The number of amides is 2. The summed E-state index contributed by atoms with van der Waals surface area (Å²) in [5, 5.41) is 2.63. The Labute approximate surface area is 215 Å². The van der Waals surface area contributed by atoms with Crippen molar-refractivity contribution < 1.29 is 18.0 Å². The average Bonchev–Trinajstić information content (AvgIpc) is 2.88. The molecule has 0 aromatic heterocycles. The van der Waals surface area contributed by atoms with Crippen molar-refractivity contribution in [2.24, 2.45) is 0 Å². The monoisotopic (exact) mass is 514 g/mol. The number of aryl methyl sites for hydroxylation is 1. The number of rotatable bonds is 6. The molecule has 1 saturated heterocycles. The summed E-state index contributed by atoms with van der Waals surface area (Å²) in [4.78, 5) is 25.6. The van der Waals surface area contributed by atoms with Gasteiger partial charge in [0.05, 0.1) is 4.90 Å². The van der Waals surface area contributed by atoms with Crippen molar-refractivity contribution in [2.75, 3.05) is 44.7 Å². The summed E-state index contributed by atoms with van der Waals surface area (Å²) in [5.41, 5.74) is 4.69. The molecule has 2 aliphatic rings. The Morgan fingerprint density at radius 3 is 2.28 bits per heavy atom. The molecule has 2 amide bonds. The van der Waals surface area contributed by atoms with E-state index in [4.69, 9.17) is 0 Å². The number of carbonyl (C=O) groups excluding carboxylic acids is 2. The number of hydrogen-bond donors (Lipinski definition) is 1. The molecule has 2 aliphatic heterocycles. The number of anilines is 1. The Morgan fingerprint density at radius 1 is 1.03 bits per heavy atom. The lowest BCUT2D eigenvalue weighted by atomic mass is 10.0. The largest absolute Gasteiger partial charge is 0.374 e. The van der Waals surface area contributed by atoms with E-state index in [-0.39, 0.29) is 5.91 Å². The van der Waals surface area contributed by atoms with E-state index in [1.807, 2.05) is 25.2 Å².